The van der Waals surface area contributed by atoms with E-state index in [4.69, 9.17) is 4.74 Å². The first-order chi connectivity index (χ1) is 16.4. The Morgan fingerprint density at radius 2 is 2.09 bits per heavy atom. The number of hydrogen-bond donors (Lipinski definition) is 1. The number of fused-ring (bicyclic) bond motifs is 1. The maximum atomic E-state index is 12.8. The number of aromatic nitrogens is 3. The highest BCUT2D eigenvalue weighted by atomic mass is 32.2. The molecule has 0 bridgehead atoms. The molecule has 0 saturated heterocycles. The second-order valence-electron chi connectivity index (χ2n) is 8.01. The van der Waals surface area contributed by atoms with Crippen molar-refractivity contribution in [3.05, 3.63) is 44.5 Å². The number of thioether (sulfide) groups is 1. The number of ether oxygens (including phenoxy) is 1. The molecule has 10 heteroatoms. The molecule has 0 aromatic carbocycles. The molecule has 34 heavy (non-hydrogen) atoms. The summed E-state index contributed by atoms with van der Waals surface area (Å²) in [6, 6.07) is 0. The molecule has 0 radical (unpaired) electrons. The molecule has 0 spiro atoms. The number of nitrogens with zero attached hydrogens (tertiary/aromatic N) is 3. The molecule has 1 aliphatic carbocycles. The highest BCUT2D eigenvalue weighted by Gasteiger charge is 2.24. The molecule has 0 saturated carbocycles. The fourth-order valence-electron chi connectivity index (χ4n) is 4.03. The van der Waals surface area contributed by atoms with E-state index in [2.05, 4.69) is 27.5 Å². The molecule has 3 heterocycles. The fraction of sp³-hybridized carbons (Fsp3) is 0.417. The quantitative estimate of drug-likeness (QED) is 0.224. The predicted molar refractivity (Wildman–Crippen MR) is 139 cm³/mol. The molecule has 0 unspecified atom stereocenters. The first kappa shape index (κ1) is 24.7. The smallest absolute Gasteiger partial charge is 0.341 e. The van der Waals surface area contributed by atoms with Crippen LogP contribution in [0.25, 0.3) is 11.4 Å². The van der Waals surface area contributed by atoms with Crippen molar-refractivity contribution < 1.29 is 14.3 Å². The summed E-state index contributed by atoms with van der Waals surface area (Å²) < 4.78 is 7.19. The molecule has 0 fully saturated rings. The summed E-state index contributed by atoms with van der Waals surface area (Å²) in [7, 11) is 0. The number of carbonyl (C=O) groups is 2. The first-order valence-corrected chi connectivity index (χ1v) is 14.0. The van der Waals surface area contributed by atoms with Gasteiger partial charge in [0.1, 0.15) is 5.00 Å². The standard InChI is InChI=1S/C24H28N4O3S3/c1-5-11-28-21(17-12-32-18-10-8-7-9-16(17)18)26-27-24(28)33-13-19(29)25-22-20(23(30)31-6-2)14(3)15(4)34-22/h5,12H,1,6-11,13H2,2-4H3,(H,25,29). The molecule has 180 valence electrons. The van der Waals surface area contributed by atoms with Crippen LogP contribution >= 0.6 is 34.4 Å². The maximum absolute atomic E-state index is 12.8. The lowest BCUT2D eigenvalue weighted by Crippen LogP contribution is -2.17. The van der Waals surface area contributed by atoms with Gasteiger partial charge in [-0.15, -0.1) is 39.4 Å². The first-order valence-electron chi connectivity index (χ1n) is 11.3. The molecule has 0 atom stereocenters. The van der Waals surface area contributed by atoms with Crippen LogP contribution in [0.2, 0.25) is 0 Å². The Kier molecular flexibility index (Phi) is 7.90. The highest BCUT2D eigenvalue weighted by Crippen LogP contribution is 2.37. The topological polar surface area (TPSA) is 86.1 Å². The van der Waals surface area contributed by atoms with Crippen LogP contribution in [-0.4, -0.2) is 39.0 Å². The fourth-order valence-corrected chi connectivity index (χ4v) is 6.96. The summed E-state index contributed by atoms with van der Waals surface area (Å²) in [6.45, 7) is 10.3. The third kappa shape index (κ3) is 4.99. The number of anilines is 1. The normalized spacial score (nSPS) is 12.9. The molecule has 3 aromatic heterocycles. The second kappa shape index (κ2) is 10.9. The van der Waals surface area contributed by atoms with Gasteiger partial charge in [-0.25, -0.2) is 4.79 Å². The van der Waals surface area contributed by atoms with Crippen LogP contribution < -0.4 is 5.32 Å². The Balaban J connectivity index is 1.50. The molecule has 1 amide bonds. The molecule has 1 N–H and O–H groups in total. The Morgan fingerprint density at radius 1 is 1.29 bits per heavy atom. The van der Waals surface area contributed by atoms with Crippen molar-refractivity contribution in [3.63, 3.8) is 0 Å². The molecular formula is C24H28N4O3S3. The van der Waals surface area contributed by atoms with Crippen molar-refractivity contribution in [3.8, 4) is 11.4 Å². The predicted octanol–water partition coefficient (Wildman–Crippen LogP) is 5.66. The van der Waals surface area contributed by atoms with E-state index >= 15 is 0 Å². The summed E-state index contributed by atoms with van der Waals surface area (Å²) in [5.41, 5.74) is 3.80. The SMILES string of the molecule is C=CCn1c(SCC(=O)Nc2sc(C)c(C)c2C(=O)OCC)nnc1-c1csc2c1CCCC2. The third-order valence-electron chi connectivity index (χ3n) is 5.78. The van der Waals surface area contributed by atoms with E-state index in [-0.39, 0.29) is 18.3 Å². The monoisotopic (exact) mass is 516 g/mol. The van der Waals surface area contributed by atoms with Crippen molar-refractivity contribution in [1.29, 1.82) is 0 Å². The Morgan fingerprint density at radius 3 is 2.85 bits per heavy atom. The zero-order chi connectivity index (χ0) is 24.2. The van der Waals surface area contributed by atoms with Crippen molar-refractivity contribution in [2.24, 2.45) is 0 Å². The third-order valence-corrected chi connectivity index (χ3v) is 8.96. The average Bonchev–Trinajstić information content (AvgIpc) is 3.49. The van der Waals surface area contributed by atoms with E-state index in [9.17, 15) is 9.59 Å². The average molecular weight is 517 g/mol. The number of aryl methyl sites for hydroxylation is 2. The summed E-state index contributed by atoms with van der Waals surface area (Å²) in [4.78, 5) is 27.6. The number of hydrogen-bond acceptors (Lipinski definition) is 8. The van der Waals surface area contributed by atoms with Gasteiger partial charge >= 0.3 is 5.97 Å². The largest absolute Gasteiger partial charge is 0.462 e. The number of allylic oxidation sites excluding steroid dienone is 1. The number of thiophene rings is 2. The Bertz CT molecular complexity index is 1220. The van der Waals surface area contributed by atoms with Crippen molar-refractivity contribution >= 4 is 51.3 Å². The van der Waals surface area contributed by atoms with E-state index < -0.39 is 5.97 Å². The van der Waals surface area contributed by atoms with Gasteiger partial charge in [-0.3, -0.25) is 9.36 Å². The van der Waals surface area contributed by atoms with Crippen LogP contribution in [0.4, 0.5) is 5.00 Å². The van der Waals surface area contributed by atoms with Crippen molar-refractivity contribution in [1.82, 2.24) is 14.8 Å². The van der Waals surface area contributed by atoms with Gasteiger partial charge in [0.2, 0.25) is 5.91 Å². The molecule has 1 aliphatic rings. The van der Waals surface area contributed by atoms with E-state index in [0.29, 0.717) is 22.3 Å². The summed E-state index contributed by atoms with van der Waals surface area (Å²) in [6.07, 6.45) is 6.46. The van der Waals surface area contributed by atoms with E-state index in [1.807, 2.05) is 24.5 Å². The van der Waals surface area contributed by atoms with Gasteiger partial charge in [-0.05, 0) is 57.6 Å². The lowest BCUT2D eigenvalue weighted by atomic mass is 9.95. The molecule has 7 nitrogen and oxygen atoms in total. The summed E-state index contributed by atoms with van der Waals surface area (Å²) in [5, 5.41) is 15.1. The molecular weight excluding hydrogens is 488 g/mol. The number of amides is 1. The minimum atomic E-state index is -0.415. The van der Waals surface area contributed by atoms with Gasteiger partial charge in [0.15, 0.2) is 11.0 Å². The van der Waals surface area contributed by atoms with Gasteiger partial charge in [-0.2, -0.15) is 0 Å². The molecule has 3 aromatic rings. The highest BCUT2D eigenvalue weighted by molar-refractivity contribution is 7.99. The van der Waals surface area contributed by atoms with Crippen LogP contribution in [0.1, 0.15) is 51.0 Å². The van der Waals surface area contributed by atoms with Crippen molar-refractivity contribution in [2.75, 3.05) is 17.7 Å². The van der Waals surface area contributed by atoms with Crippen LogP contribution in [0.15, 0.2) is 23.2 Å². The maximum Gasteiger partial charge on any atom is 0.341 e. The Labute approximate surface area is 211 Å². The second-order valence-corrected chi connectivity index (χ2v) is 11.1. The van der Waals surface area contributed by atoms with E-state index in [1.165, 1.54) is 46.4 Å². The van der Waals surface area contributed by atoms with Crippen LogP contribution in [-0.2, 0) is 28.9 Å². The van der Waals surface area contributed by atoms with Gasteiger partial charge in [0.05, 0.1) is 17.9 Å². The van der Waals surface area contributed by atoms with Gasteiger partial charge in [0.25, 0.3) is 0 Å². The molecule has 0 aliphatic heterocycles. The van der Waals surface area contributed by atoms with Gasteiger partial charge in [-0.1, -0.05) is 17.8 Å². The zero-order valence-corrected chi connectivity index (χ0v) is 22.1. The van der Waals surface area contributed by atoms with Crippen LogP contribution in [0.3, 0.4) is 0 Å². The zero-order valence-electron chi connectivity index (χ0n) is 19.6. The molecule has 4 rings (SSSR count). The van der Waals surface area contributed by atoms with Crippen molar-refractivity contribution in [2.45, 2.75) is 58.2 Å². The van der Waals surface area contributed by atoms with Crippen LogP contribution in [0, 0.1) is 13.8 Å². The van der Waals surface area contributed by atoms with Crippen LogP contribution in [0.5, 0.6) is 0 Å². The van der Waals surface area contributed by atoms with Gasteiger partial charge in [0, 0.05) is 27.2 Å². The number of carbonyl (C=O) groups excluding carboxylic acids is 2. The minimum Gasteiger partial charge on any atom is -0.462 e. The number of nitrogens with one attached hydrogen (secondary N) is 1. The lowest BCUT2D eigenvalue weighted by Gasteiger charge is -2.13. The number of rotatable bonds is 9. The van der Waals surface area contributed by atoms with E-state index in [0.717, 1.165) is 34.7 Å². The van der Waals surface area contributed by atoms with Gasteiger partial charge < -0.3 is 10.1 Å². The van der Waals surface area contributed by atoms with E-state index in [1.54, 1.807) is 18.3 Å². The summed E-state index contributed by atoms with van der Waals surface area (Å²) >= 11 is 4.51. The summed E-state index contributed by atoms with van der Waals surface area (Å²) in [5.74, 6) is 0.354. The Hall–Kier alpha value is -2.43. The lowest BCUT2D eigenvalue weighted by molar-refractivity contribution is -0.113. The minimum absolute atomic E-state index is 0.148. The number of esters is 1.